The van der Waals surface area contributed by atoms with E-state index in [4.69, 9.17) is 0 Å². The summed E-state index contributed by atoms with van der Waals surface area (Å²) >= 11 is 0. The second-order valence-electron chi connectivity index (χ2n) is 3.38. The van der Waals surface area contributed by atoms with E-state index in [2.05, 4.69) is 9.99 Å². The lowest BCUT2D eigenvalue weighted by molar-refractivity contribution is -0.212. The number of oxime groups is 1. The maximum Gasteiger partial charge on any atom is 0.428 e. The van der Waals surface area contributed by atoms with E-state index < -0.39 is 18.1 Å². The minimum atomic E-state index is -4.43. The van der Waals surface area contributed by atoms with Gasteiger partial charge in [0.2, 0.25) is 6.10 Å². The molecule has 1 aromatic rings. The number of halogens is 4. The summed E-state index contributed by atoms with van der Waals surface area (Å²) in [5.74, 6) is -0.448. The Balaban J connectivity index is 2.12. The van der Waals surface area contributed by atoms with Gasteiger partial charge in [-0.25, -0.2) is 4.39 Å². The van der Waals surface area contributed by atoms with Gasteiger partial charge in [-0.15, -0.1) is 0 Å². The van der Waals surface area contributed by atoms with Gasteiger partial charge < -0.3 is 4.84 Å². The topological polar surface area (TPSA) is 21.6 Å². The first-order valence-electron chi connectivity index (χ1n) is 4.52. The molecular formula is C10H7F4NO. The van der Waals surface area contributed by atoms with Gasteiger partial charge in [-0.05, 0) is 17.7 Å². The molecule has 2 rings (SSSR count). The van der Waals surface area contributed by atoms with Crippen molar-refractivity contribution < 1.29 is 22.4 Å². The van der Waals surface area contributed by atoms with Gasteiger partial charge >= 0.3 is 6.18 Å². The van der Waals surface area contributed by atoms with Crippen LogP contribution in [0.25, 0.3) is 0 Å². The molecule has 1 aliphatic rings. The molecule has 1 aromatic carbocycles. The van der Waals surface area contributed by atoms with Crippen molar-refractivity contribution in [1.82, 2.24) is 0 Å². The third kappa shape index (κ3) is 2.15. The number of hydrogen-bond donors (Lipinski definition) is 0. The molecule has 1 unspecified atom stereocenters. The highest BCUT2D eigenvalue weighted by molar-refractivity contribution is 6.01. The number of nitrogens with zero attached hydrogens (tertiary/aromatic N) is 1. The molecule has 0 fully saturated rings. The van der Waals surface area contributed by atoms with Gasteiger partial charge in [0.15, 0.2) is 0 Å². The first-order valence-corrected chi connectivity index (χ1v) is 4.52. The Morgan fingerprint density at radius 3 is 2.31 bits per heavy atom. The fourth-order valence-corrected chi connectivity index (χ4v) is 1.37. The molecule has 0 spiro atoms. The Bertz CT molecular complexity index is 410. The molecule has 0 amide bonds. The van der Waals surface area contributed by atoms with Gasteiger partial charge in [-0.1, -0.05) is 17.3 Å². The zero-order valence-corrected chi connectivity index (χ0v) is 7.96. The number of hydrogen-bond acceptors (Lipinski definition) is 2. The highest BCUT2D eigenvalue weighted by Crippen LogP contribution is 2.30. The van der Waals surface area contributed by atoms with E-state index in [-0.39, 0.29) is 12.1 Å². The number of benzene rings is 1. The van der Waals surface area contributed by atoms with E-state index in [0.29, 0.717) is 5.56 Å². The summed E-state index contributed by atoms with van der Waals surface area (Å²) in [6, 6.07) is 5.07. The molecule has 16 heavy (non-hydrogen) atoms. The Kier molecular flexibility index (Phi) is 2.57. The van der Waals surface area contributed by atoms with Crippen molar-refractivity contribution in [2.24, 2.45) is 5.16 Å². The number of alkyl halides is 3. The van der Waals surface area contributed by atoms with Gasteiger partial charge in [-0.2, -0.15) is 13.2 Å². The molecule has 86 valence electrons. The van der Waals surface area contributed by atoms with Gasteiger partial charge in [0.25, 0.3) is 0 Å². The van der Waals surface area contributed by atoms with Crippen LogP contribution in [0.4, 0.5) is 17.6 Å². The highest BCUT2D eigenvalue weighted by atomic mass is 19.4. The average molecular weight is 233 g/mol. The second-order valence-corrected chi connectivity index (χ2v) is 3.38. The van der Waals surface area contributed by atoms with E-state index in [1.807, 2.05) is 0 Å². The number of rotatable bonds is 1. The molecule has 0 saturated heterocycles. The van der Waals surface area contributed by atoms with Crippen LogP contribution >= 0.6 is 0 Å². The molecule has 0 bridgehead atoms. The van der Waals surface area contributed by atoms with Gasteiger partial charge in [0.1, 0.15) is 5.82 Å². The molecule has 1 atom stereocenters. The van der Waals surface area contributed by atoms with Crippen molar-refractivity contribution in [1.29, 1.82) is 0 Å². The minimum absolute atomic E-state index is 0.183. The summed E-state index contributed by atoms with van der Waals surface area (Å²) in [6.45, 7) is 0. The van der Waals surface area contributed by atoms with Gasteiger partial charge in [0, 0.05) is 6.42 Å². The smallest absolute Gasteiger partial charge is 0.382 e. The van der Waals surface area contributed by atoms with Crippen LogP contribution in [-0.4, -0.2) is 18.0 Å². The summed E-state index contributed by atoms with van der Waals surface area (Å²) in [5, 5.41) is 3.36. The van der Waals surface area contributed by atoms with Crippen LogP contribution in [0.1, 0.15) is 12.0 Å². The van der Waals surface area contributed by atoms with Crippen LogP contribution in [0, 0.1) is 5.82 Å². The zero-order valence-electron chi connectivity index (χ0n) is 7.96. The van der Waals surface area contributed by atoms with Crippen LogP contribution in [0.2, 0.25) is 0 Å². The SMILES string of the molecule is Fc1ccc(C2=NOC(C(F)(F)F)C2)cc1. The third-order valence-corrected chi connectivity index (χ3v) is 2.21. The fraction of sp³-hybridized carbons (Fsp3) is 0.300. The largest absolute Gasteiger partial charge is 0.428 e. The van der Waals surface area contributed by atoms with Crippen molar-refractivity contribution >= 4 is 5.71 Å². The Morgan fingerprint density at radius 2 is 1.81 bits per heavy atom. The van der Waals surface area contributed by atoms with E-state index in [1.165, 1.54) is 24.3 Å². The normalized spacial score (nSPS) is 20.5. The zero-order chi connectivity index (χ0) is 11.8. The second kappa shape index (κ2) is 3.77. The predicted molar refractivity (Wildman–Crippen MR) is 48.5 cm³/mol. The highest BCUT2D eigenvalue weighted by Gasteiger charge is 2.45. The summed E-state index contributed by atoms with van der Waals surface area (Å²) in [6.07, 6.45) is -6.66. The lowest BCUT2D eigenvalue weighted by atomic mass is 10.1. The van der Waals surface area contributed by atoms with E-state index in [9.17, 15) is 17.6 Å². The van der Waals surface area contributed by atoms with E-state index in [1.54, 1.807) is 0 Å². The predicted octanol–water partition coefficient (Wildman–Crippen LogP) is 2.88. The van der Waals surface area contributed by atoms with Crippen LogP contribution in [0.3, 0.4) is 0 Å². The standard InChI is InChI=1S/C10H7F4NO/c11-7-3-1-6(2-4-7)8-5-9(16-15-8)10(12,13)14/h1-4,9H,5H2. The lowest BCUT2D eigenvalue weighted by Crippen LogP contribution is -2.28. The molecule has 1 aliphatic heterocycles. The fourth-order valence-electron chi connectivity index (χ4n) is 1.37. The summed E-state index contributed by atoms with van der Waals surface area (Å²) in [5.41, 5.74) is 0.621. The molecule has 0 aromatic heterocycles. The van der Waals surface area contributed by atoms with Crippen molar-refractivity contribution in [3.8, 4) is 0 Å². The van der Waals surface area contributed by atoms with Crippen molar-refractivity contribution in [3.63, 3.8) is 0 Å². The summed E-state index contributed by atoms with van der Waals surface area (Å²) in [4.78, 5) is 4.28. The Labute approximate surface area is 88.5 Å². The van der Waals surface area contributed by atoms with Crippen LogP contribution < -0.4 is 0 Å². The van der Waals surface area contributed by atoms with Crippen LogP contribution in [0.15, 0.2) is 29.4 Å². The Hall–Kier alpha value is -1.59. The van der Waals surface area contributed by atoms with Crippen LogP contribution in [-0.2, 0) is 4.84 Å². The van der Waals surface area contributed by atoms with Crippen molar-refractivity contribution in [3.05, 3.63) is 35.6 Å². The minimum Gasteiger partial charge on any atom is -0.382 e. The van der Waals surface area contributed by atoms with Gasteiger partial charge in [0.05, 0.1) is 5.71 Å². The summed E-state index contributed by atoms with van der Waals surface area (Å²) < 4.78 is 49.4. The average Bonchev–Trinajstić information content (AvgIpc) is 2.67. The van der Waals surface area contributed by atoms with Crippen molar-refractivity contribution in [2.75, 3.05) is 0 Å². The Morgan fingerprint density at radius 1 is 1.19 bits per heavy atom. The first kappa shape index (κ1) is 10.9. The maximum atomic E-state index is 12.6. The quantitative estimate of drug-likeness (QED) is 0.683. The monoisotopic (exact) mass is 233 g/mol. The lowest BCUT2D eigenvalue weighted by Gasteiger charge is -2.11. The molecule has 0 saturated carbocycles. The van der Waals surface area contributed by atoms with E-state index in [0.717, 1.165) is 0 Å². The first-order chi connectivity index (χ1) is 7.47. The molecule has 2 nitrogen and oxygen atoms in total. The van der Waals surface area contributed by atoms with Gasteiger partial charge in [-0.3, -0.25) is 0 Å². The third-order valence-electron chi connectivity index (χ3n) is 2.21. The maximum absolute atomic E-state index is 12.6. The van der Waals surface area contributed by atoms with E-state index >= 15 is 0 Å². The molecule has 6 heteroatoms. The molecule has 0 aliphatic carbocycles. The molecular weight excluding hydrogens is 226 g/mol. The molecule has 1 heterocycles. The molecule has 0 N–H and O–H groups in total. The molecule has 0 radical (unpaired) electrons. The summed E-state index contributed by atoms with van der Waals surface area (Å²) in [7, 11) is 0. The van der Waals surface area contributed by atoms with Crippen LogP contribution in [0.5, 0.6) is 0 Å². The van der Waals surface area contributed by atoms with Crippen molar-refractivity contribution in [2.45, 2.75) is 18.7 Å².